The van der Waals surface area contributed by atoms with Gasteiger partial charge in [0.2, 0.25) is 0 Å². The quantitative estimate of drug-likeness (QED) is 0.613. The van der Waals surface area contributed by atoms with Crippen LogP contribution in [0.5, 0.6) is 0 Å². The van der Waals surface area contributed by atoms with E-state index >= 15 is 0 Å². The van der Waals surface area contributed by atoms with Gasteiger partial charge in [-0.05, 0) is 54.5 Å². The summed E-state index contributed by atoms with van der Waals surface area (Å²) in [6.45, 7) is 4.07. The number of anilines is 1. The third-order valence-corrected chi connectivity index (χ3v) is 5.67. The van der Waals surface area contributed by atoms with E-state index < -0.39 is 11.7 Å². The van der Waals surface area contributed by atoms with Crippen LogP contribution in [0.1, 0.15) is 46.2 Å². The van der Waals surface area contributed by atoms with Gasteiger partial charge >= 0.3 is 6.18 Å². The molecule has 1 nitrogen and oxygen atoms in total. The normalized spacial score (nSPS) is 24.6. The molecule has 0 saturated heterocycles. The Hall–Kier alpha value is -2.23. The van der Waals surface area contributed by atoms with Gasteiger partial charge in [-0.3, -0.25) is 0 Å². The number of fused-ring (bicyclic) bond motifs is 3. The first-order valence-corrected chi connectivity index (χ1v) is 8.57. The van der Waals surface area contributed by atoms with Crippen LogP contribution in [0.15, 0.2) is 48.6 Å². The van der Waals surface area contributed by atoms with Crippen LogP contribution < -0.4 is 5.32 Å². The molecule has 4 rings (SSSR count). The minimum Gasteiger partial charge on any atom is -0.377 e. The molecule has 2 aliphatic rings. The summed E-state index contributed by atoms with van der Waals surface area (Å²) in [4.78, 5) is 0. The summed E-state index contributed by atoms with van der Waals surface area (Å²) in [6, 6.07) is 9.84. The van der Waals surface area contributed by atoms with Gasteiger partial charge in [-0.1, -0.05) is 42.5 Å². The summed E-state index contributed by atoms with van der Waals surface area (Å²) in [5.74, 6) is 0.278. The van der Waals surface area contributed by atoms with Crippen molar-refractivity contribution in [2.75, 3.05) is 5.32 Å². The molecule has 0 fully saturated rings. The third kappa shape index (κ3) is 2.55. The van der Waals surface area contributed by atoms with Crippen LogP contribution in [0.3, 0.4) is 0 Å². The summed E-state index contributed by atoms with van der Waals surface area (Å²) in [6.07, 6.45) is 0.704. The van der Waals surface area contributed by atoms with E-state index in [1.165, 1.54) is 17.7 Å². The van der Waals surface area contributed by atoms with E-state index in [-0.39, 0.29) is 17.9 Å². The Labute approximate surface area is 145 Å². The molecule has 4 heteroatoms. The number of hydrogen-bond acceptors (Lipinski definition) is 1. The molecule has 130 valence electrons. The van der Waals surface area contributed by atoms with Crippen LogP contribution in [-0.2, 0) is 6.18 Å². The van der Waals surface area contributed by atoms with Crippen LogP contribution in [0.2, 0.25) is 0 Å². The summed E-state index contributed by atoms with van der Waals surface area (Å²) in [5.41, 5.74) is 4.27. The van der Waals surface area contributed by atoms with Crippen molar-refractivity contribution >= 4 is 5.69 Å². The highest BCUT2D eigenvalue weighted by atomic mass is 19.4. The minimum absolute atomic E-state index is 0.109. The van der Waals surface area contributed by atoms with Gasteiger partial charge in [-0.25, -0.2) is 0 Å². The molecule has 1 aliphatic carbocycles. The molecule has 0 unspecified atom stereocenters. The Balaban J connectivity index is 1.87. The Bertz CT molecular complexity index is 851. The molecule has 0 radical (unpaired) electrons. The van der Waals surface area contributed by atoms with Gasteiger partial charge in [0.25, 0.3) is 0 Å². The summed E-state index contributed by atoms with van der Waals surface area (Å²) >= 11 is 0. The number of benzene rings is 2. The van der Waals surface area contributed by atoms with Crippen molar-refractivity contribution in [2.45, 2.75) is 38.4 Å². The van der Waals surface area contributed by atoms with Gasteiger partial charge < -0.3 is 5.32 Å². The molecule has 2 aromatic carbocycles. The molecular formula is C21H20F3N. The second kappa shape index (κ2) is 5.65. The Morgan fingerprint density at radius 2 is 1.76 bits per heavy atom. The molecular weight excluding hydrogens is 323 g/mol. The van der Waals surface area contributed by atoms with Crippen molar-refractivity contribution in [1.29, 1.82) is 0 Å². The molecule has 0 amide bonds. The van der Waals surface area contributed by atoms with Crippen molar-refractivity contribution in [1.82, 2.24) is 0 Å². The number of rotatable bonds is 1. The van der Waals surface area contributed by atoms with Crippen molar-refractivity contribution < 1.29 is 13.2 Å². The molecule has 0 saturated carbocycles. The first-order chi connectivity index (χ1) is 11.9. The van der Waals surface area contributed by atoms with E-state index in [1.54, 1.807) is 12.1 Å². The average Bonchev–Trinajstić information content (AvgIpc) is 3.06. The Kier molecular flexibility index (Phi) is 3.67. The summed E-state index contributed by atoms with van der Waals surface area (Å²) < 4.78 is 40.6. The fourth-order valence-corrected chi connectivity index (χ4v) is 4.25. The molecule has 0 spiro atoms. The van der Waals surface area contributed by atoms with Crippen LogP contribution in [0.4, 0.5) is 18.9 Å². The highest BCUT2D eigenvalue weighted by Crippen LogP contribution is 2.52. The molecule has 3 atom stereocenters. The van der Waals surface area contributed by atoms with Gasteiger partial charge in [0, 0.05) is 11.6 Å². The van der Waals surface area contributed by atoms with Crippen LogP contribution in [0.25, 0.3) is 0 Å². The van der Waals surface area contributed by atoms with Gasteiger partial charge in [0.1, 0.15) is 0 Å². The van der Waals surface area contributed by atoms with Crippen molar-refractivity contribution in [3.63, 3.8) is 0 Å². The second-order valence-corrected chi connectivity index (χ2v) is 7.03. The first kappa shape index (κ1) is 16.2. The zero-order valence-electron chi connectivity index (χ0n) is 14.2. The fourth-order valence-electron chi connectivity index (χ4n) is 4.25. The van der Waals surface area contributed by atoms with Gasteiger partial charge in [0.15, 0.2) is 0 Å². The molecule has 1 heterocycles. The minimum atomic E-state index is -4.35. The molecule has 0 aromatic heterocycles. The predicted molar refractivity (Wildman–Crippen MR) is 93.7 cm³/mol. The number of allylic oxidation sites excluding steroid dienone is 2. The second-order valence-electron chi connectivity index (χ2n) is 7.03. The maximum atomic E-state index is 13.5. The van der Waals surface area contributed by atoms with Gasteiger partial charge in [0.05, 0.1) is 11.6 Å². The molecule has 1 N–H and O–H groups in total. The highest BCUT2D eigenvalue weighted by molar-refractivity contribution is 5.66. The van der Waals surface area contributed by atoms with Crippen molar-refractivity contribution in [3.05, 3.63) is 76.4 Å². The lowest BCUT2D eigenvalue weighted by Gasteiger charge is -2.39. The van der Waals surface area contributed by atoms with Gasteiger partial charge in [-0.15, -0.1) is 0 Å². The van der Waals surface area contributed by atoms with Crippen LogP contribution in [-0.4, -0.2) is 0 Å². The lowest BCUT2D eigenvalue weighted by atomic mass is 9.75. The van der Waals surface area contributed by atoms with Crippen LogP contribution in [0, 0.1) is 19.8 Å². The maximum absolute atomic E-state index is 13.5. The average molecular weight is 343 g/mol. The Morgan fingerprint density at radius 1 is 1.00 bits per heavy atom. The maximum Gasteiger partial charge on any atom is 0.416 e. The van der Waals surface area contributed by atoms with Crippen LogP contribution >= 0.6 is 0 Å². The smallest absolute Gasteiger partial charge is 0.377 e. The van der Waals surface area contributed by atoms with E-state index in [0.29, 0.717) is 5.56 Å². The number of alkyl halides is 3. The summed E-state index contributed by atoms with van der Waals surface area (Å²) in [7, 11) is 0. The number of halogens is 3. The SMILES string of the molecule is Cc1ccc2c(c1C)N[C@H](c1ccccc1C(F)(F)F)[C@H]1CC=C[C@@H]21. The van der Waals surface area contributed by atoms with E-state index in [4.69, 9.17) is 0 Å². The van der Waals surface area contributed by atoms with E-state index in [2.05, 4.69) is 29.6 Å². The van der Waals surface area contributed by atoms with Gasteiger partial charge in [-0.2, -0.15) is 13.2 Å². The number of hydrogen-bond donors (Lipinski definition) is 1. The largest absolute Gasteiger partial charge is 0.416 e. The number of aryl methyl sites for hydroxylation is 1. The standard InChI is InChI=1S/C21H20F3N/c1-12-10-11-16-14-7-5-8-15(14)20(25-19(16)13(12)2)17-6-3-4-9-18(17)21(22,23)24/h3-7,9-11,14-15,20,25H,8H2,1-2H3/t14-,15+,20+/m1/s1. The summed E-state index contributed by atoms with van der Waals surface area (Å²) in [5, 5.41) is 3.47. The highest BCUT2D eigenvalue weighted by Gasteiger charge is 2.42. The van der Waals surface area contributed by atoms with Crippen molar-refractivity contribution in [2.24, 2.45) is 5.92 Å². The lowest BCUT2D eigenvalue weighted by Crippen LogP contribution is -2.31. The molecule has 1 aliphatic heterocycles. The molecule has 25 heavy (non-hydrogen) atoms. The Morgan fingerprint density at radius 3 is 2.52 bits per heavy atom. The van der Waals surface area contributed by atoms with Crippen molar-refractivity contribution in [3.8, 4) is 0 Å². The lowest BCUT2D eigenvalue weighted by molar-refractivity contribution is -0.138. The predicted octanol–water partition coefficient (Wildman–Crippen LogP) is 6.15. The van der Waals surface area contributed by atoms with E-state index in [0.717, 1.165) is 23.2 Å². The monoisotopic (exact) mass is 343 g/mol. The topological polar surface area (TPSA) is 12.0 Å². The van der Waals surface area contributed by atoms with E-state index in [1.807, 2.05) is 13.8 Å². The molecule has 2 aromatic rings. The third-order valence-electron chi connectivity index (χ3n) is 5.67. The number of nitrogens with one attached hydrogen (secondary N) is 1. The van der Waals surface area contributed by atoms with E-state index in [9.17, 15) is 13.2 Å². The zero-order valence-corrected chi connectivity index (χ0v) is 14.2. The fraction of sp³-hybridized carbons (Fsp3) is 0.333. The zero-order chi connectivity index (χ0) is 17.8. The first-order valence-electron chi connectivity index (χ1n) is 8.57. The molecule has 0 bridgehead atoms.